The number of pyridine rings is 1. The standard InChI is InChI=1S/C16H20N2/c1-11-7-14(10-18-9-11)13-5-6-15(12(2)8-13)16(3,4)17/h5-10H,17H2,1-4H3. The van der Waals surface area contributed by atoms with Gasteiger partial charge in [0.2, 0.25) is 0 Å². The van der Waals surface area contributed by atoms with Crippen LogP contribution in [0, 0.1) is 13.8 Å². The van der Waals surface area contributed by atoms with Crippen LogP contribution < -0.4 is 5.73 Å². The average Bonchev–Trinajstić information content (AvgIpc) is 2.27. The van der Waals surface area contributed by atoms with Crippen LogP contribution in [-0.4, -0.2) is 4.98 Å². The highest BCUT2D eigenvalue weighted by Gasteiger charge is 2.16. The number of aryl methyl sites for hydroxylation is 2. The van der Waals surface area contributed by atoms with Crippen molar-refractivity contribution in [3.8, 4) is 11.1 Å². The molecule has 0 atom stereocenters. The first-order valence-corrected chi connectivity index (χ1v) is 6.20. The van der Waals surface area contributed by atoms with Crippen molar-refractivity contribution >= 4 is 0 Å². The normalized spacial score (nSPS) is 11.6. The molecular weight excluding hydrogens is 220 g/mol. The van der Waals surface area contributed by atoms with E-state index in [1.807, 2.05) is 26.2 Å². The van der Waals surface area contributed by atoms with Gasteiger partial charge < -0.3 is 5.73 Å². The van der Waals surface area contributed by atoms with E-state index in [0.717, 1.165) is 5.56 Å². The topological polar surface area (TPSA) is 38.9 Å². The maximum Gasteiger partial charge on any atom is 0.0355 e. The second-order valence-electron chi connectivity index (χ2n) is 5.50. The van der Waals surface area contributed by atoms with Crippen LogP contribution in [0.25, 0.3) is 11.1 Å². The monoisotopic (exact) mass is 240 g/mol. The fourth-order valence-electron chi connectivity index (χ4n) is 2.28. The third-order valence-corrected chi connectivity index (χ3v) is 3.13. The van der Waals surface area contributed by atoms with Crippen molar-refractivity contribution in [1.29, 1.82) is 0 Å². The molecule has 1 aromatic carbocycles. The highest BCUT2D eigenvalue weighted by atomic mass is 14.7. The van der Waals surface area contributed by atoms with E-state index in [-0.39, 0.29) is 5.54 Å². The van der Waals surface area contributed by atoms with Crippen molar-refractivity contribution in [2.45, 2.75) is 33.2 Å². The summed E-state index contributed by atoms with van der Waals surface area (Å²) in [5.41, 5.74) is 11.8. The van der Waals surface area contributed by atoms with Gasteiger partial charge in [0.1, 0.15) is 0 Å². The van der Waals surface area contributed by atoms with Crippen LogP contribution in [0.3, 0.4) is 0 Å². The van der Waals surface area contributed by atoms with Gasteiger partial charge in [-0.1, -0.05) is 18.2 Å². The largest absolute Gasteiger partial charge is 0.322 e. The van der Waals surface area contributed by atoms with Crippen molar-refractivity contribution in [1.82, 2.24) is 4.98 Å². The molecule has 0 aliphatic carbocycles. The lowest BCUT2D eigenvalue weighted by molar-refractivity contribution is 0.551. The van der Waals surface area contributed by atoms with Crippen molar-refractivity contribution in [2.75, 3.05) is 0 Å². The minimum atomic E-state index is -0.298. The molecule has 0 amide bonds. The molecule has 2 N–H and O–H groups in total. The van der Waals surface area contributed by atoms with Crippen LogP contribution in [0.2, 0.25) is 0 Å². The molecular formula is C16H20N2. The second kappa shape index (κ2) is 4.54. The summed E-state index contributed by atoms with van der Waals surface area (Å²) in [6, 6.07) is 8.57. The molecule has 0 aliphatic heterocycles. The quantitative estimate of drug-likeness (QED) is 0.871. The molecule has 0 spiro atoms. The molecule has 18 heavy (non-hydrogen) atoms. The Morgan fingerprint density at radius 2 is 1.72 bits per heavy atom. The Kier molecular flexibility index (Phi) is 3.22. The number of aromatic nitrogens is 1. The van der Waals surface area contributed by atoms with E-state index in [1.165, 1.54) is 22.3 Å². The van der Waals surface area contributed by atoms with Gasteiger partial charge in [0.05, 0.1) is 0 Å². The maximum absolute atomic E-state index is 6.16. The lowest BCUT2D eigenvalue weighted by Crippen LogP contribution is -2.29. The van der Waals surface area contributed by atoms with Gasteiger partial charge in [0, 0.05) is 23.5 Å². The minimum absolute atomic E-state index is 0.298. The Morgan fingerprint density at radius 3 is 2.28 bits per heavy atom. The summed E-state index contributed by atoms with van der Waals surface area (Å²) in [6.45, 7) is 8.23. The van der Waals surface area contributed by atoms with Crippen molar-refractivity contribution in [3.63, 3.8) is 0 Å². The van der Waals surface area contributed by atoms with Crippen LogP contribution in [0.15, 0.2) is 36.7 Å². The second-order valence-corrected chi connectivity index (χ2v) is 5.50. The van der Waals surface area contributed by atoms with Crippen LogP contribution in [0.5, 0.6) is 0 Å². The third kappa shape index (κ3) is 2.59. The van der Waals surface area contributed by atoms with Gasteiger partial charge in [0.25, 0.3) is 0 Å². The van der Waals surface area contributed by atoms with E-state index in [4.69, 9.17) is 5.73 Å². The number of nitrogens with zero attached hydrogens (tertiary/aromatic N) is 1. The lowest BCUT2D eigenvalue weighted by Gasteiger charge is -2.22. The molecule has 2 rings (SSSR count). The molecule has 0 radical (unpaired) electrons. The summed E-state index contributed by atoms with van der Waals surface area (Å²) in [5.74, 6) is 0. The first kappa shape index (κ1) is 12.8. The molecule has 2 aromatic rings. The fourth-order valence-corrected chi connectivity index (χ4v) is 2.28. The Hall–Kier alpha value is -1.67. The number of hydrogen-bond donors (Lipinski definition) is 1. The predicted molar refractivity (Wildman–Crippen MR) is 76.4 cm³/mol. The number of nitrogens with two attached hydrogens (primary N) is 1. The van der Waals surface area contributed by atoms with Gasteiger partial charge in [-0.25, -0.2) is 0 Å². The summed E-state index contributed by atoms with van der Waals surface area (Å²) >= 11 is 0. The van der Waals surface area contributed by atoms with Crippen molar-refractivity contribution in [3.05, 3.63) is 53.3 Å². The zero-order valence-corrected chi connectivity index (χ0v) is 11.5. The molecule has 2 heteroatoms. The molecule has 0 unspecified atom stereocenters. The lowest BCUT2D eigenvalue weighted by atomic mass is 9.89. The zero-order chi connectivity index (χ0) is 13.3. The van der Waals surface area contributed by atoms with Gasteiger partial charge in [0.15, 0.2) is 0 Å². The van der Waals surface area contributed by atoms with E-state index < -0.39 is 0 Å². The first-order chi connectivity index (χ1) is 8.38. The van der Waals surface area contributed by atoms with Crippen LogP contribution in [0.1, 0.15) is 30.5 Å². The highest BCUT2D eigenvalue weighted by Crippen LogP contribution is 2.27. The molecule has 94 valence electrons. The molecule has 0 saturated heterocycles. The Balaban J connectivity index is 2.47. The Bertz CT molecular complexity index is 566. The highest BCUT2D eigenvalue weighted by molar-refractivity contribution is 5.64. The van der Waals surface area contributed by atoms with Gasteiger partial charge >= 0.3 is 0 Å². The fraction of sp³-hybridized carbons (Fsp3) is 0.312. The minimum Gasteiger partial charge on any atom is -0.322 e. The summed E-state index contributed by atoms with van der Waals surface area (Å²) < 4.78 is 0. The van der Waals surface area contributed by atoms with Gasteiger partial charge in [-0.05, 0) is 56.0 Å². The SMILES string of the molecule is Cc1cncc(-c2ccc(C(C)(C)N)c(C)c2)c1. The Morgan fingerprint density at radius 1 is 1.00 bits per heavy atom. The summed E-state index contributed by atoms with van der Waals surface area (Å²) in [6.07, 6.45) is 3.77. The van der Waals surface area contributed by atoms with Crippen LogP contribution in [0.4, 0.5) is 0 Å². The third-order valence-electron chi connectivity index (χ3n) is 3.13. The van der Waals surface area contributed by atoms with E-state index in [0.29, 0.717) is 0 Å². The van der Waals surface area contributed by atoms with Crippen LogP contribution in [-0.2, 0) is 5.54 Å². The number of benzene rings is 1. The molecule has 0 saturated carbocycles. The predicted octanol–water partition coefficient (Wildman–Crippen LogP) is 3.56. The van der Waals surface area contributed by atoms with E-state index in [9.17, 15) is 0 Å². The number of hydrogen-bond acceptors (Lipinski definition) is 2. The summed E-state index contributed by atoms with van der Waals surface area (Å²) in [5, 5.41) is 0. The molecule has 2 nitrogen and oxygen atoms in total. The van der Waals surface area contributed by atoms with E-state index >= 15 is 0 Å². The molecule has 0 fully saturated rings. The number of rotatable bonds is 2. The van der Waals surface area contributed by atoms with Crippen molar-refractivity contribution in [2.24, 2.45) is 5.73 Å². The summed E-state index contributed by atoms with van der Waals surface area (Å²) in [7, 11) is 0. The van der Waals surface area contributed by atoms with E-state index in [2.05, 4.69) is 43.1 Å². The van der Waals surface area contributed by atoms with Crippen LogP contribution >= 0.6 is 0 Å². The van der Waals surface area contributed by atoms with Gasteiger partial charge in [-0.3, -0.25) is 4.98 Å². The van der Waals surface area contributed by atoms with Gasteiger partial charge in [-0.2, -0.15) is 0 Å². The first-order valence-electron chi connectivity index (χ1n) is 6.20. The van der Waals surface area contributed by atoms with Gasteiger partial charge in [-0.15, -0.1) is 0 Å². The molecule has 1 heterocycles. The molecule has 0 bridgehead atoms. The smallest absolute Gasteiger partial charge is 0.0355 e. The maximum atomic E-state index is 6.16. The van der Waals surface area contributed by atoms with E-state index in [1.54, 1.807) is 0 Å². The zero-order valence-electron chi connectivity index (χ0n) is 11.5. The van der Waals surface area contributed by atoms with Crippen molar-refractivity contribution < 1.29 is 0 Å². The molecule has 0 aliphatic rings. The average molecular weight is 240 g/mol. The Labute approximate surface area is 109 Å². The summed E-state index contributed by atoms with van der Waals surface area (Å²) in [4.78, 5) is 4.24. The molecule has 1 aromatic heterocycles.